The highest BCUT2D eigenvalue weighted by Crippen LogP contribution is 2.33. The van der Waals surface area contributed by atoms with Crippen LogP contribution in [0, 0.1) is 5.92 Å². The first-order valence-corrected chi connectivity index (χ1v) is 7.67. The van der Waals surface area contributed by atoms with Gasteiger partial charge in [0.1, 0.15) is 18.0 Å². The molecule has 0 spiro atoms. The SMILES string of the molecule is CCCNc1ncnc(N2CCC(C(N)=O)C2)c1C(C)C. The number of nitrogens with two attached hydrogens (primary N) is 1. The lowest BCUT2D eigenvalue weighted by Crippen LogP contribution is -2.28. The highest BCUT2D eigenvalue weighted by Gasteiger charge is 2.30. The summed E-state index contributed by atoms with van der Waals surface area (Å²) in [4.78, 5) is 22.4. The molecule has 6 nitrogen and oxygen atoms in total. The molecule has 6 heteroatoms. The van der Waals surface area contributed by atoms with Gasteiger partial charge in [0.25, 0.3) is 0 Å². The van der Waals surface area contributed by atoms with E-state index in [4.69, 9.17) is 5.73 Å². The van der Waals surface area contributed by atoms with Crippen molar-refractivity contribution in [3.63, 3.8) is 0 Å². The summed E-state index contributed by atoms with van der Waals surface area (Å²) < 4.78 is 0. The standard InChI is InChI=1S/C15H25N5O/c1-4-6-17-14-12(10(2)3)15(19-9-18-14)20-7-5-11(8-20)13(16)21/h9-11H,4-8H2,1-3H3,(H2,16,21)(H,17,18,19). The van der Waals surface area contributed by atoms with Crippen LogP contribution in [0.5, 0.6) is 0 Å². The van der Waals surface area contributed by atoms with Crippen molar-refractivity contribution in [2.75, 3.05) is 29.9 Å². The fraction of sp³-hybridized carbons (Fsp3) is 0.667. The highest BCUT2D eigenvalue weighted by atomic mass is 16.1. The molecule has 1 amide bonds. The molecule has 1 unspecified atom stereocenters. The number of carbonyl (C=O) groups excluding carboxylic acids is 1. The van der Waals surface area contributed by atoms with Gasteiger partial charge in [-0.2, -0.15) is 0 Å². The normalized spacial score (nSPS) is 18.3. The van der Waals surface area contributed by atoms with E-state index in [1.807, 2.05) is 0 Å². The molecule has 0 bridgehead atoms. The summed E-state index contributed by atoms with van der Waals surface area (Å²) in [5.74, 6) is 1.85. The maximum absolute atomic E-state index is 11.4. The zero-order valence-electron chi connectivity index (χ0n) is 13.1. The summed E-state index contributed by atoms with van der Waals surface area (Å²) >= 11 is 0. The summed E-state index contributed by atoms with van der Waals surface area (Å²) in [6.45, 7) is 8.76. The van der Waals surface area contributed by atoms with Crippen LogP contribution in [0.3, 0.4) is 0 Å². The van der Waals surface area contributed by atoms with Gasteiger partial charge in [0.05, 0.1) is 5.92 Å². The maximum Gasteiger partial charge on any atom is 0.222 e. The quantitative estimate of drug-likeness (QED) is 0.834. The molecule has 0 aliphatic carbocycles. The average Bonchev–Trinajstić information content (AvgIpc) is 2.94. The van der Waals surface area contributed by atoms with E-state index < -0.39 is 0 Å². The molecule has 1 aromatic rings. The number of primary amides is 1. The predicted molar refractivity (Wildman–Crippen MR) is 84.4 cm³/mol. The van der Waals surface area contributed by atoms with Crippen LogP contribution in [-0.4, -0.2) is 35.5 Å². The van der Waals surface area contributed by atoms with Crippen molar-refractivity contribution < 1.29 is 4.79 Å². The molecule has 2 heterocycles. The Morgan fingerprint density at radius 1 is 1.52 bits per heavy atom. The van der Waals surface area contributed by atoms with Crippen molar-refractivity contribution in [1.29, 1.82) is 0 Å². The van der Waals surface area contributed by atoms with Crippen LogP contribution in [0.2, 0.25) is 0 Å². The van der Waals surface area contributed by atoms with E-state index in [0.717, 1.165) is 43.1 Å². The topological polar surface area (TPSA) is 84.1 Å². The van der Waals surface area contributed by atoms with Crippen molar-refractivity contribution in [2.45, 2.75) is 39.5 Å². The van der Waals surface area contributed by atoms with E-state index in [2.05, 4.69) is 41.0 Å². The van der Waals surface area contributed by atoms with Gasteiger partial charge in [0.2, 0.25) is 5.91 Å². The van der Waals surface area contributed by atoms with Gasteiger partial charge < -0.3 is 16.0 Å². The largest absolute Gasteiger partial charge is 0.370 e. The molecule has 3 N–H and O–H groups in total. The van der Waals surface area contributed by atoms with Crippen LogP contribution in [0.25, 0.3) is 0 Å². The van der Waals surface area contributed by atoms with Crippen LogP contribution in [0.15, 0.2) is 6.33 Å². The number of nitrogens with zero attached hydrogens (tertiary/aromatic N) is 3. The van der Waals surface area contributed by atoms with E-state index in [0.29, 0.717) is 12.5 Å². The van der Waals surface area contributed by atoms with E-state index in [1.54, 1.807) is 6.33 Å². The van der Waals surface area contributed by atoms with Crippen molar-refractivity contribution in [2.24, 2.45) is 11.7 Å². The second-order valence-corrected chi connectivity index (χ2v) is 5.88. The van der Waals surface area contributed by atoms with E-state index in [9.17, 15) is 4.79 Å². The molecule has 1 fully saturated rings. The third kappa shape index (κ3) is 3.43. The Labute approximate surface area is 126 Å². The third-order valence-electron chi connectivity index (χ3n) is 3.87. The Morgan fingerprint density at radius 3 is 2.86 bits per heavy atom. The van der Waals surface area contributed by atoms with Crippen molar-refractivity contribution >= 4 is 17.5 Å². The minimum atomic E-state index is -0.220. The second kappa shape index (κ2) is 6.74. The first-order valence-electron chi connectivity index (χ1n) is 7.67. The smallest absolute Gasteiger partial charge is 0.222 e. The van der Waals surface area contributed by atoms with Gasteiger partial charge in [0, 0.05) is 25.2 Å². The Bertz CT molecular complexity index is 503. The highest BCUT2D eigenvalue weighted by molar-refractivity contribution is 5.78. The monoisotopic (exact) mass is 291 g/mol. The summed E-state index contributed by atoms with van der Waals surface area (Å²) in [5, 5.41) is 3.37. The molecule has 1 aliphatic heterocycles. The fourth-order valence-corrected chi connectivity index (χ4v) is 2.74. The van der Waals surface area contributed by atoms with Crippen LogP contribution in [0.1, 0.15) is 45.1 Å². The number of anilines is 2. The number of hydrogen-bond acceptors (Lipinski definition) is 5. The Morgan fingerprint density at radius 2 is 2.29 bits per heavy atom. The minimum absolute atomic E-state index is 0.0768. The Hall–Kier alpha value is -1.85. The lowest BCUT2D eigenvalue weighted by atomic mass is 10.0. The molecule has 1 atom stereocenters. The summed E-state index contributed by atoms with van der Waals surface area (Å²) in [7, 11) is 0. The average molecular weight is 291 g/mol. The van der Waals surface area contributed by atoms with Crippen LogP contribution >= 0.6 is 0 Å². The number of nitrogens with one attached hydrogen (secondary N) is 1. The molecule has 116 valence electrons. The molecule has 0 aromatic carbocycles. The molecular formula is C15H25N5O. The number of aromatic nitrogens is 2. The van der Waals surface area contributed by atoms with Gasteiger partial charge in [-0.15, -0.1) is 0 Å². The van der Waals surface area contributed by atoms with Gasteiger partial charge >= 0.3 is 0 Å². The van der Waals surface area contributed by atoms with Gasteiger partial charge in [-0.3, -0.25) is 4.79 Å². The van der Waals surface area contributed by atoms with Crippen molar-refractivity contribution in [3.8, 4) is 0 Å². The first kappa shape index (κ1) is 15.5. The number of amides is 1. The summed E-state index contributed by atoms with van der Waals surface area (Å²) in [5.41, 5.74) is 6.54. The molecule has 1 saturated heterocycles. The second-order valence-electron chi connectivity index (χ2n) is 5.88. The fourth-order valence-electron chi connectivity index (χ4n) is 2.74. The molecule has 0 radical (unpaired) electrons. The number of carbonyl (C=O) groups is 1. The number of rotatable bonds is 6. The van der Waals surface area contributed by atoms with Crippen LogP contribution in [0.4, 0.5) is 11.6 Å². The van der Waals surface area contributed by atoms with Crippen molar-refractivity contribution in [1.82, 2.24) is 9.97 Å². The van der Waals surface area contributed by atoms with E-state index >= 15 is 0 Å². The Kier molecular flexibility index (Phi) is 4.98. The van der Waals surface area contributed by atoms with E-state index in [1.165, 1.54) is 0 Å². The predicted octanol–water partition coefficient (Wildman–Crippen LogP) is 1.73. The zero-order chi connectivity index (χ0) is 15.4. The molecule has 1 aliphatic rings. The lowest BCUT2D eigenvalue weighted by molar-refractivity contribution is -0.121. The summed E-state index contributed by atoms with van der Waals surface area (Å²) in [6.07, 6.45) is 3.44. The molecular weight excluding hydrogens is 266 g/mol. The summed E-state index contributed by atoms with van der Waals surface area (Å²) in [6, 6.07) is 0. The molecule has 0 saturated carbocycles. The van der Waals surface area contributed by atoms with E-state index in [-0.39, 0.29) is 11.8 Å². The maximum atomic E-state index is 11.4. The van der Waals surface area contributed by atoms with Crippen LogP contribution < -0.4 is 16.0 Å². The molecule has 2 rings (SSSR count). The van der Waals surface area contributed by atoms with Crippen molar-refractivity contribution in [3.05, 3.63) is 11.9 Å². The minimum Gasteiger partial charge on any atom is -0.370 e. The van der Waals surface area contributed by atoms with Gasteiger partial charge in [-0.05, 0) is 18.8 Å². The van der Waals surface area contributed by atoms with Gasteiger partial charge in [-0.1, -0.05) is 20.8 Å². The first-order chi connectivity index (χ1) is 10.0. The lowest BCUT2D eigenvalue weighted by Gasteiger charge is -2.24. The molecule has 21 heavy (non-hydrogen) atoms. The third-order valence-corrected chi connectivity index (χ3v) is 3.87. The van der Waals surface area contributed by atoms with Gasteiger partial charge in [-0.25, -0.2) is 9.97 Å². The van der Waals surface area contributed by atoms with Crippen LogP contribution in [-0.2, 0) is 4.79 Å². The van der Waals surface area contributed by atoms with Gasteiger partial charge in [0.15, 0.2) is 0 Å². The Balaban J connectivity index is 2.28. The zero-order valence-corrected chi connectivity index (χ0v) is 13.1. The number of hydrogen-bond donors (Lipinski definition) is 2. The molecule has 1 aromatic heterocycles.